The van der Waals surface area contributed by atoms with Crippen LogP contribution in [0.4, 0.5) is 5.69 Å². The molecule has 2 N–H and O–H groups in total. The van der Waals surface area contributed by atoms with Crippen molar-refractivity contribution in [2.45, 2.75) is 17.1 Å². The van der Waals surface area contributed by atoms with E-state index in [2.05, 4.69) is 5.32 Å². The van der Waals surface area contributed by atoms with Crippen molar-refractivity contribution >= 4 is 29.3 Å². The summed E-state index contributed by atoms with van der Waals surface area (Å²) in [4.78, 5) is 32.7. The molecule has 8 heteroatoms. The van der Waals surface area contributed by atoms with Gasteiger partial charge in [0.05, 0.1) is 9.82 Å². The number of benzene rings is 1. The zero-order valence-electron chi connectivity index (χ0n) is 10.2. The van der Waals surface area contributed by atoms with Crippen LogP contribution in [0.5, 0.6) is 0 Å². The summed E-state index contributed by atoms with van der Waals surface area (Å²) >= 11 is 0.862. The molecule has 1 unspecified atom stereocenters. The summed E-state index contributed by atoms with van der Waals surface area (Å²) in [5.74, 6) is -1.50. The standard InChI is InChI=1S/C11H12N2O5S/c1-6(11(15)16)19-9-4-3-7(10(14)12-2)5-8(9)13(17)18/h3-6H,1-2H3,(H,12,14)(H,15,16). The molecule has 0 bridgehead atoms. The molecule has 0 fully saturated rings. The largest absolute Gasteiger partial charge is 0.480 e. The molecule has 0 aliphatic heterocycles. The van der Waals surface area contributed by atoms with Crippen molar-refractivity contribution < 1.29 is 19.6 Å². The normalized spacial score (nSPS) is 11.7. The van der Waals surface area contributed by atoms with Crippen molar-refractivity contribution in [1.29, 1.82) is 0 Å². The fourth-order valence-corrected chi connectivity index (χ4v) is 2.17. The maximum atomic E-state index is 11.4. The third-order valence-electron chi connectivity index (χ3n) is 2.30. The van der Waals surface area contributed by atoms with Crippen molar-refractivity contribution in [2.24, 2.45) is 0 Å². The smallest absolute Gasteiger partial charge is 0.316 e. The Morgan fingerprint density at radius 1 is 1.47 bits per heavy atom. The Kier molecular flexibility index (Phi) is 4.87. The van der Waals surface area contributed by atoms with Gasteiger partial charge in [-0.15, -0.1) is 11.8 Å². The van der Waals surface area contributed by atoms with Gasteiger partial charge in [0.25, 0.3) is 11.6 Å². The first-order chi connectivity index (χ1) is 8.86. The van der Waals surface area contributed by atoms with Gasteiger partial charge in [-0.1, -0.05) is 0 Å². The van der Waals surface area contributed by atoms with Crippen LogP contribution in [0.1, 0.15) is 17.3 Å². The number of carbonyl (C=O) groups excluding carboxylic acids is 1. The van der Waals surface area contributed by atoms with Crippen molar-refractivity contribution in [3.05, 3.63) is 33.9 Å². The lowest BCUT2D eigenvalue weighted by Crippen LogP contribution is -2.18. The quantitative estimate of drug-likeness (QED) is 0.482. The highest BCUT2D eigenvalue weighted by atomic mass is 32.2. The van der Waals surface area contributed by atoms with Crippen LogP contribution in [0.3, 0.4) is 0 Å². The predicted molar refractivity (Wildman–Crippen MR) is 69.4 cm³/mol. The van der Waals surface area contributed by atoms with Gasteiger partial charge in [0.2, 0.25) is 0 Å². The van der Waals surface area contributed by atoms with Crippen LogP contribution in [0.15, 0.2) is 23.1 Å². The van der Waals surface area contributed by atoms with Crippen molar-refractivity contribution in [3.8, 4) is 0 Å². The fourth-order valence-electron chi connectivity index (χ4n) is 1.29. The number of aliphatic carboxylic acids is 1. The summed E-state index contributed by atoms with van der Waals surface area (Å²) < 4.78 is 0. The molecule has 0 radical (unpaired) electrons. The number of thioether (sulfide) groups is 1. The first-order valence-corrected chi connectivity index (χ1v) is 6.14. The Hall–Kier alpha value is -2.09. The van der Waals surface area contributed by atoms with Gasteiger partial charge in [0.15, 0.2) is 0 Å². The summed E-state index contributed by atoms with van der Waals surface area (Å²) in [5, 5.41) is 21.3. The maximum Gasteiger partial charge on any atom is 0.316 e. The molecule has 1 rings (SSSR count). The molecule has 1 amide bonds. The second kappa shape index (κ2) is 6.19. The van der Waals surface area contributed by atoms with E-state index >= 15 is 0 Å². The van der Waals surface area contributed by atoms with E-state index in [-0.39, 0.29) is 16.1 Å². The number of rotatable bonds is 5. The lowest BCUT2D eigenvalue weighted by molar-refractivity contribution is -0.387. The van der Waals surface area contributed by atoms with Crippen LogP contribution in [-0.4, -0.2) is 34.2 Å². The van der Waals surface area contributed by atoms with Crippen LogP contribution in [0.25, 0.3) is 0 Å². The summed E-state index contributed by atoms with van der Waals surface area (Å²) in [5.41, 5.74) is -0.124. The molecule has 1 atom stereocenters. The minimum Gasteiger partial charge on any atom is -0.480 e. The highest BCUT2D eigenvalue weighted by Gasteiger charge is 2.21. The Labute approximate surface area is 113 Å². The number of amides is 1. The summed E-state index contributed by atoms with van der Waals surface area (Å²) in [6, 6.07) is 3.94. The second-order valence-corrected chi connectivity index (χ2v) is 5.00. The molecule has 1 aromatic rings. The number of carbonyl (C=O) groups is 2. The number of carboxylic acid groups (broad SMARTS) is 1. The molecule has 102 valence electrons. The molecule has 0 aromatic heterocycles. The van der Waals surface area contributed by atoms with Gasteiger partial charge in [-0.3, -0.25) is 19.7 Å². The van der Waals surface area contributed by atoms with Gasteiger partial charge in [-0.05, 0) is 19.1 Å². The van der Waals surface area contributed by atoms with Crippen LogP contribution >= 0.6 is 11.8 Å². The zero-order valence-corrected chi connectivity index (χ0v) is 11.1. The Balaban J connectivity index is 3.15. The maximum absolute atomic E-state index is 11.4. The van der Waals surface area contributed by atoms with Gasteiger partial charge in [-0.2, -0.15) is 0 Å². The van der Waals surface area contributed by atoms with E-state index in [1.54, 1.807) is 0 Å². The van der Waals surface area contributed by atoms with Crippen molar-refractivity contribution in [1.82, 2.24) is 5.32 Å². The molecule has 0 saturated carbocycles. The fraction of sp³-hybridized carbons (Fsp3) is 0.273. The molecule has 0 aliphatic carbocycles. The third kappa shape index (κ3) is 3.68. The number of nitrogens with one attached hydrogen (secondary N) is 1. The highest BCUT2D eigenvalue weighted by molar-refractivity contribution is 8.00. The van der Waals surface area contributed by atoms with E-state index in [9.17, 15) is 19.7 Å². The molecule has 0 aliphatic rings. The van der Waals surface area contributed by atoms with Gasteiger partial charge in [0, 0.05) is 18.7 Å². The SMILES string of the molecule is CNC(=O)c1ccc(SC(C)C(=O)O)c([N+](=O)[O-])c1. The average Bonchev–Trinajstić information content (AvgIpc) is 2.37. The number of hydrogen-bond acceptors (Lipinski definition) is 5. The van der Waals surface area contributed by atoms with Gasteiger partial charge in [-0.25, -0.2) is 0 Å². The summed E-state index contributed by atoms with van der Waals surface area (Å²) in [6.07, 6.45) is 0. The van der Waals surface area contributed by atoms with Crippen LogP contribution in [0, 0.1) is 10.1 Å². The number of nitro benzene ring substituents is 1. The lowest BCUT2D eigenvalue weighted by atomic mass is 10.2. The molecular weight excluding hydrogens is 272 g/mol. The number of hydrogen-bond donors (Lipinski definition) is 2. The van der Waals surface area contributed by atoms with E-state index in [0.717, 1.165) is 17.8 Å². The first kappa shape index (κ1) is 15.0. The predicted octanol–water partition coefficient (Wildman–Crippen LogP) is 1.52. The summed E-state index contributed by atoms with van der Waals surface area (Å²) in [6.45, 7) is 1.43. The molecule has 0 saturated heterocycles. The van der Waals surface area contributed by atoms with E-state index in [1.807, 2.05) is 0 Å². The number of carboxylic acids is 1. The monoisotopic (exact) mass is 284 g/mol. The molecule has 0 heterocycles. The van der Waals surface area contributed by atoms with Crippen molar-refractivity contribution in [2.75, 3.05) is 7.05 Å². The topological polar surface area (TPSA) is 110 Å². The van der Waals surface area contributed by atoms with Gasteiger partial charge in [0.1, 0.15) is 5.25 Å². The Bertz CT molecular complexity index is 532. The number of nitrogens with zero attached hydrogens (tertiary/aromatic N) is 1. The second-order valence-electron chi connectivity index (χ2n) is 3.62. The Morgan fingerprint density at radius 3 is 2.58 bits per heavy atom. The first-order valence-electron chi connectivity index (χ1n) is 5.26. The molecule has 0 spiro atoms. The van der Waals surface area contributed by atoms with Crippen LogP contribution in [0.2, 0.25) is 0 Å². The van der Waals surface area contributed by atoms with E-state index in [0.29, 0.717) is 0 Å². The minimum atomic E-state index is -1.06. The van der Waals surface area contributed by atoms with E-state index in [4.69, 9.17) is 5.11 Å². The van der Waals surface area contributed by atoms with Gasteiger partial charge >= 0.3 is 5.97 Å². The van der Waals surface area contributed by atoms with Gasteiger partial charge < -0.3 is 10.4 Å². The average molecular weight is 284 g/mol. The van der Waals surface area contributed by atoms with Crippen molar-refractivity contribution in [3.63, 3.8) is 0 Å². The molecule has 19 heavy (non-hydrogen) atoms. The molecule has 1 aromatic carbocycles. The highest BCUT2D eigenvalue weighted by Crippen LogP contribution is 2.32. The number of nitro groups is 1. The Morgan fingerprint density at radius 2 is 2.11 bits per heavy atom. The zero-order chi connectivity index (χ0) is 14.6. The minimum absolute atomic E-state index is 0.154. The summed E-state index contributed by atoms with van der Waals surface area (Å²) in [7, 11) is 1.42. The molecular formula is C11H12N2O5S. The van der Waals surface area contributed by atoms with E-state index < -0.39 is 22.0 Å². The third-order valence-corrected chi connectivity index (χ3v) is 3.45. The van der Waals surface area contributed by atoms with Crippen LogP contribution in [-0.2, 0) is 4.79 Å². The molecule has 7 nitrogen and oxygen atoms in total. The van der Waals surface area contributed by atoms with E-state index in [1.165, 1.54) is 26.1 Å². The lowest BCUT2D eigenvalue weighted by Gasteiger charge is -2.07. The van der Waals surface area contributed by atoms with Crippen LogP contribution < -0.4 is 5.32 Å².